The van der Waals surface area contributed by atoms with Gasteiger partial charge in [-0.25, -0.2) is 0 Å². The van der Waals surface area contributed by atoms with Crippen LogP contribution >= 0.6 is 0 Å². The predicted molar refractivity (Wildman–Crippen MR) is 44.3 cm³/mol. The van der Waals surface area contributed by atoms with Gasteiger partial charge in [-0.1, -0.05) is 6.92 Å². The largest absolute Gasteiger partial charge is 0.377 e. The molecular weight excluding hydrogens is 126 g/mol. The van der Waals surface area contributed by atoms with E-state index in [1.807, 2.05) is 6.92 Å². The first-order valence-electron chi connectivity index (χ1n) is 4.00. The Balaban J connectivity index is 3.27. The maximum Gasteiger partial charge on any atom is 0.0673 e. The lowest BCUT2D eigenvalue weighted by molar-refractivity contribution is 0.0531. The molecule has 0 rings (SSSR count). The Morgan fingerprint density at radius 3 is 2.40 bits per heavy atom. The number of rotatable bonds is 5. The fraction of sp³-hybridized carbons (Fsp3) is 1.00. The van der Waals surface area contributed by atoms with Crippen LogP contribution in [0.25, 0.3) is 0 Å². The Labute approximate surface area is 64.2 Å². The second-order valence-corrected chi connectivity index (χ2v) is 2.62. The zero-order valence-corrected chi connectivity index (χ0v) is 7.55. The Bertz CT molecular complexity index is 75.7. The zero-order valence-electron chi connectivity index (χ0n) is 7.55. The van der Waals surface area contributed by atoms with Gasteiger partial charge in [-0.2, -0.15) is 0 Å². The van der Waals surface area contributed by atoms with Crippen LogP contribution in [0.3, 0.4) is 0 Å². The molecule has 0 fully saturated rings. The molecule has 1 atom stereocenters. The van der Waals surface area contributed by atoms with E-state index >= 15 is 0 Å². The second kappa shape index (κ2) is 5.69. The van der Waals surface area contributed by atoms with Gasteiger partial charge >= 0.3 is 0 Å². The molecule has 0 amide bonds. The molecule has 0 saturated carbocycles. The zero-order chi connectivity index (χ0) is 7.98. The van der Waals surface area contributed by atoms with Crippen molar-refractivity contribution in [1.29, 1.82) is 0 Å². The molecule has 0 bridgehead atoms. The van der Waals surface area contributed by atoms with Crippen LogP contribution in [0.4, 0.5) is 0 Å². The van der Waals surface area contributed by atoms with Crippen molar-refractivity contribution in [1.82, 2.24) is 4.90 Å². The maximum absolute atomic E-state index is 5.37. The molecule has 2 nitrogen and oxygen atoms in total. The van der Waals surface area contributed by atoms with E-state index in [1.165, 1.54) is 0 Å². The third kappa shape index (κ3) is 4.77. The van der Waals surface area contributed by atoms with Gasteiger partial charge in [0, 0.05) is 13.2 Å². The van der Waals surface area contributed by atoms with E-state index in [1.54, 1.807) is 0 Å². The van der Waals surface area contributed by atoms with Crippen LogP contribution in [0, 0.1) is 0 Å². The normalized spacial score (nSPS) is 14.1. The SMILES string of the molecule is CCO[C@@H](C)CN(C)CC. The van der Waals surface area contributed by atoms with E-state index in [4.69, 9.17) is 4.74 Å². The van der Waals surface area contributed by atoms with Gasteiger partial charge in [-0.05, 0) is 27.4 Å². The summed E-state index contributed by atoms with van der Waals surface area (Å²) in [6.07, 6.45) is 0.370. The summed E-state index contributed by atoms with van der Waals surface area (Å²) in [4.78, 5) is 2.25. The van der Waals surface area contributed by atoms with Crippen LogP contribution in [-0.2, 0) is 4.74 Å². The van der Waals surface area contributed by atoms with Crippen molar-refractivity contribution >= 4 is 0 Å². The summed E-state index contributed by atoms with van der Waals surface area (Å²) in [6, 6.07) is 0. The van der Waals surface area contributed by atoms with Gasteiger partial charge in [0.25, 0.3) is 0 Å². The van der Waals surface area contributed by atoms with Crippen molar-refractivity contribution in [2.45, 2.75) is 26.9 Å². The molecular formula is C8H19NO. The van der Waals surface area contributed by atoms with Crippen LogP contribution in [0.2, 0.25) is 0 Å². The van der Waals surface area contributed by atoms with Crippen LogP contribution in [0.1, 0.15) is 20.8 Å². The van der Waals surface area contributed by atoms with Crippen LogP contribution in [0.15, 0.2) is 0 Å². The molecule has 10 heavy (non-hydrogen) atoms. The minimum Gasteiger partial charge on any atom is -0.377 e. The lowest BCUT2D eigenvalue weighted by atomic mass is 10.4. The van der Waals surface area contributed by atoms with E-state index in [0.29, 0.717) is 6.10 Å². The Kier molecular flexibility index (Phi) is 5.64. The fourth-order valence-corrected chi connectivity index (χ4v) is 0.905. The molecule has 0 N–H and O–H groups in total. The molecule has 2 heteroatoms. The maximum atomic E-state index is 5.37. The summed E-state index contributed by atoms with van der Waals surface area (Å²) in [5, 5.41) is 0. The molecule has 0 heterocycles. The van der Waals surface area contributed by atoms with E-state index in [0.717, 1.165) is 19.7 Å². The molecule has 62 valence electrons. The van der Waals surface area contributed by atoms with E-state index in [2.05, 4.69) is 25.8 Å². The van der Waals surface area contributed by atoms with Gasteiger partial charge in [-0.15, -0.1) is 0 Å². The predicted octanol–water partition coefficient (Wildman–Crippen LogP) is 1.36. The molecule has 0 aliphatic heterocycles. The van der Waals surface area contributed by atoms with Gasteiger partial charge in [0.2, 0.25) is 0 Å². The highest BCUT2D eigenvalue weighted by molar-refractivity contribution is 4.54. The van der Waals surface area contributed by atoms with E-state index in [-0.39, 0.29) is 0 Å². The second-order valence-electron chi connectivity index (χ2n) is 2.62. The van der Waals surface area contributed by atoms with Crippen molar-refractivity contribution < 1.29 is 4.74 Å². The van der Waals surface area contributed by atoms with Gasteiger partial charge in [0.1, 0.15) is 0 Å². The number of nitrogens with zero attached hydrogens (tertiary/aromatic N) is 1. The minimum absolute atomic E-state index is 0.370. The van der Waals surface area contributed by atoms with Gasteiger partial charge in [0.15, 0.2) is 0 Å². The Morgan fingerprint density at radius 1 is 1.40 bits per heavy atom. The third-order valence-electron chi connectivity index (χ3n) is 1.56. The first kappa shape index (κ1) is 9.92. The number of hydrogen-bond acceptors (Lipinski definition) is 2. The van der Waals surface area contributed by atoms with Crippen molar-refractivity contribution in [3.05, 3.63) is 0 Å². The Hall–Kier alpha value is -0.0800. The topological polar surface area (TPSA) is 12.5 Å². The average molecular weight is 145 g/mol. The van der Waals surface area contributed by atoms with Crippen molar-refractivity contribution in [2.24, 2.45) is 0 Å². The number of hydrogen-bond donors (Lipinski definition) is 0. The third-order valence-corrected chi connectivity index (χ3v) is 1.56. The summed E-state index contributed by atoms with van der Waals surface area (Å²) in [7, 11) is 2.11. The van der Waals surface area contributed by atoms with Gasteiger partial charge < -0.3 is 9.64 Å². The summed E-state index contributed by atoms with van der Waals surface area (Å²) in [6.45, 7) is 9.23. The Morgan fingerprint density at radius 2 is 2.00 bits per heavy atom. The van der Waals surface area contributed by atoms with E-state index < -0.39 is 0 Å². The highest BCUT2D eigenvalue weighted by atomic mass is 16.5. The van der Waals surface area contributed by atoms with Crippen LogP contribution < -0.4 is 0 Å². The molecule has 0 radical (unpaired) electrons. The van der Waals surface area contributed by atoms with Gasteiger partial charge in [-0.3, -0.25) is 0 Å². The molecule has 0 aromatic heterocycles. The number of ether oxygens (including phenoxy) is 1. The molecule has 0 aliphatic rings. The van der Waals surface area contributed by atoms with Crippen LogP contribution in [-0.4, -0.2) is 37.7 Å². The molecule has 0 saturated heterocycles. The summed E-state index contributed by atoms with van der Waals surface area (Å²) >= 11 is 0. The lowest BCUT2D eigenvalue weighted by Gasteiger charge is -2.19. The highest BCUT2D eigenvalue weighted by Crippen LogP contribution is 1.92. The standard InChI is InChI=1S/C8H19NO/c1-5-9(4)7-8(3)10-6-2/h8H,5-7H2,1-4H3/t8-/m0/s1. The quantitative estimate of drug-likeness (QED) is 0.579. The minimum atomic E-state index is 0.370. The summed E-state index contributed by atoms with van der Waals surface area (Å²) < 4.78 is 5.37. The number of likely N-dealkylation sites (N-methyl/N-ethyl adjacent to an activating group) is 1. The first-order chi connectivity index (χ1) is 4.70. The van der Waals surface area contributed by atoms with Gasteiger partial charge in [0.05, 0.1) is 6.10 Å². The molecule has 0 aromatic rings. The van der Waals surface area contributed by atoms with Crippen molar-refractivity contribution in [3.63, 3.8) is 0 Å². The molecule has 0 aliphatic carbocycles. The molecule has 0 aromatic carbocycles. The molecule has 0 spiro atoms. The summed E-state index contributed by atoms with van der Waals surface area (Å²) in [5.74, 6) is 0. The van der Waals surface area contributed by atoms with Crippen molar-refractivity contribution in [2.75, 3.05) is 26.7 Å². The van der Waals surface area contributed by atoms with Crippen LogP contribution in [0.5, 0.6) is 0 Å². The molecule has 0 unspecified atom stereocenters. The van der Waals surface area contributed by atoms with Crippen molar-refractivity contribution in [3.8, 4) is 0 Å². The van der Waals surface area contributed by atoms with E-state index in [9.17, 15) is 0 Å². The monoisotopic (exact) mass is 145 g/mol. The smallest absolute Gasteiger partial charge is 0.0673 e. The lowest BCUT2D eigenvalue weighted by Crippen LogP contribution is -2.28. The first-order valence-corrected chi connectivity index (χ1v) is 4.00. The summed E-state index contributed by atoms with van der Waals surface area (Å²) in [5.41, 5.74) is 0. The fourth-order valence-electron chi connectivity index (χ4n) is 0.905. The average Bonchev–Trinajstić information content (AvgIpc) is 1.88. The highest BCUT2D eigenvalue weighted by Gasteiger charge is 2.02.